The van der Waals surface area contributed by atoms with E-state index in [-0.39, 0.29) is 0 Å². The molecule has 25 heavy (non-hydrogen) atoms. The van der Waals surface area contributed by atoms with Crippen LogP contribution in [0.25, 0.3) is 5.69 Å². The van der Waals surface area contributed by atoms with Crippen molar-refractivity contribution < 1.29 is 14.2 Å². The van der Waals surface area contributed by atoms with Crippen LogP contribution in [0.15, 0.2) is 23.4 Å². The molecular weight excluding hydrogens is 342 g/mol. The predicted octanol–water partition coefficient (Wildman–Crippen LogP) is 1.25. The highest BCUT2D eigenvalue weighted by Crippen LogP contribution is 2.32. The molecule has 4 rings (SSSR count). The van der Waals surface area contributed by atoms with Gasteiger partial charge in [0.05, 0.1) is 18.9 Å². The van der Waals surface area contributed by atoms with Crippen molar-refractivity contribution in [3.63, 3.8) is 0 Å². The number of ether oxygens (including phenoxy) is 3. The fraction of sp³-hybridized carbons (Fsp3) is 0.562. The molecule has 8 nitrogen and oxygen atoms in total. The molecular formula is C16H21N5O3S. The van der Waals surface area contributed by atoms with Gasteiger partial charge in [-0.25, -0.2) is 0 Å². The van der Waals surface area contributed by atoms with Crippen molar-refractivity contribution in [2.45, 2.75) is 11.6 Å². The number of morpholine rings is 1. The standard InChI is InChI=1S/C16H21N5O3S/c1(4-20-5-7-22-8-6-20)11-25-16-17-18-19-21(16)13-2-3-14-15(12-13)24-10-9-23-14/h2-3,12H,1,4-11H2. The lowest BCUT2D eigenvalue weighted by Crippen LogP contribution is -2.36. The molecule has 0 bridgehead atoms. The van der Waals surface area contributed by atoms with Gasteiger partial charge in [-0.05, 0) is 35.5 Å². The molecule has 2 aromatic rings. The molecule has 3 heterocycles. The first-order valence-corrected chi connectivity index (χ1v) is 9.50. The minimum absolute atomic E-state index is 0.565. The zero-order chi connectivity index (χ0) is 16.9. The Morgan fingerprint density at radius 2 is 1.88 bits per heavy atom. The van der Waals surface area contributed by atoms with E-state index in [1.54, 1.807) is 16.4 Å². The van der Waals surface area contributed by atoms with E-state index >= 15 is 0 Å². The third-order valence-electron chi connectivity index (χ3n) is 4.16. The second kappa shape index (κ2) is 8.03. The number of aromatic nitrogens is 4. The highest BCUT2D eigenvalue weighted by atomic mass is 32.2. The first-order valence-electron chi connectivity index (χ1n) is 8.51. The van der Waals surface area contributed by atoms with Gasteiger partial charge in [-0.1, -0.05) is 11.8 Å². The van der Waals surface area contributed by atoms with Crippen LogP contribution in [0.5, 0.6) is 11.5 Å². The first kappa shape index (κ1) is 16.6. The van der Waals surface area contributed by atoms with E-state index in [1.807, 2.05) is 18.2 Å². The lowest BCUT2D eigenvalue weighted by molar-refractivity contribution is 0.0381. The maximum atomic E-state index is 5.64. The largest absolute Gasteiger partial charge is 0.486 e. The molecule has 0 radical (unpaired) electrons. The van der Waals surface area contributed by atoms with Crippen LogP contribution in [-0.4, -0.2) is 76.9 Å². The third kappa shape index (κ3) is 4.05. The van der Waals surface area contributed by atoms with Gasteiger partial charge in [0.25, 0.3) is 0 Å². The minimum Gasteiger partial charge on any atom is -0.486 e. The van der Waals surface area contributed by atoms with Crippen LogP contribution in [0.1, 0.15) is 6.42 Å². The fourth-order valence-corrected chi connectivity index (χ4v) is 3.69. The number of benzene rings is 1. The van der Waals surface area contributed by atoms with Gasteiger partial charge in [-0.3, -0.25) is 4.90 Å². The van der Waals surface area contributed by atoms with Crippen molar-refractivity contribution in [3.05, 3.63) is 18.2 Å². The Morgan fingerprint density at radius 3 is 2.76 bits per heavy atom. The summed E-state index contributed by atoms with van der Waals surface area (Å²) in [6.07, 6.45) is 1.10. The number of rotatable bonds is 6. The molecule has 1 aromatic heterocycles. The molecule has 0 spiro atoms. The quantitative estimate of drug-likeness (QED) is 0.561. The van der Waals surface area contributed by atoms with E-state index in [9.17, 15) is 0 Å². The molecule has 0 saturated carbocycles. The van der Waals surface area contributed by atoms with Gasteiger partial charge in [-0.15, -0.1) is 5.10 Å². The lowest BCUT2D eigenvalue weighted by Gasteiger charge is -2.26. The van der Waals surface area contributed by atoms with Crippen molar-refractivity contribution >= 4 is 11.8 Å². The summed E-state index contributed by atoms with van der Waals surface area (Å²) in [4.78, 5) is 2.44. The highest BCUT2D eigenvalue weighted by Gasteiger charge is 2.16. The molecule has 1 aromatic carbocycles. The van der Waals surface area contributed by atoms with Gasteiger partial charge in [0.2, 0.25) is 5.16 Å². The maximum Gasteiger partial charge on any atom is 0.214 e. The molecule has 2 aliphatic heterocycles. The van der Waals surface area contributed by atoms with Crippen molar-refractivity contribution in [3.8, 4) is 17.2 Å². The van der Waals surface area contributed by atoms with Gasteiger partial charge in [0, 0.05) is 24.9 Å². The third-order valence-corrected chi connectivity index (χ3v) is 5.17. The Hall–Kier alpha value is -1.84. The number of tetrazole rings is 1. The summed E-state index contributed by atoms with van der Waals surface area (Å²) in [6, 6.07) is 5.77. The van der Waals surface area contributed by atoms with E-state index in [0.717, 1.165) is 67.4 Å². The number of thioether (sulfide) groups is 1. The topological polar surface area (TPSA) is 74.5 Å². The van der Waals surface area contributed by atoms with Gasteiger partial charge in [-0.2, -0.15) is 4.68 Å². The summed E-state index contributed by atoms with van der Waals surface area (Å²) in [6.45, 7) is 5.98. The number of nitrogens with zero attached hydrogens (tertiary/aromatic N) is 5. The van der Waals surface area contributed by atoms with Gasteiger partial charge in [0.1, 0.15) is 13.2 Å². The lowest BCUT2D eigenvalue weighted by atomic mass is 10.2. The van der Waals surface area contributed by atoms with E-state index in [0.29, 0.717) is 13.2 Å². The van der Waals surface area contributed by atoms with Crippen molar-refractivity contribution in [2.24, 2.45) is 0 Å². The van der Waals surface area contributed by atoms with Crippen LogP contribution >= 0.6 is 11.8 Å². The molecule has 0 atom stereocenters. The molecule has 9 heteroatoms. The second-order valence-corrected chi connectivity index (χ2v) is 6.92. The van der Waals surface area contributed by atoms with E-state index < -0.39 is 0 Å². The fourth-order valence-electron chi connectivity index (χ4n) is 2.87. The smallest absolute Gasteiger partial charge is 0.214 e. The van der Waals surface area contributed by atoms with E-state index in [4.69, 9.17) is 14.2 Å². The van der Waals surface area contributed by atoms with Crippen molar-refractivity contribution in [2.75, 3.05) is 51.8 Å². The summed E-state index contributed by atoms with van der Waals surface area (Å²) in [5.41, 5.74) is 0.880. The predicted molar refractivity (Wildman–Crippen MR) is 92.7 cm³/mol. The number of fused-ring (bicyclic) bond motifs is 1. The summed E-state index contributed by atoms with van der Waals surface area (Å²) in [7, 11) is 0. The average molecular weight is 363 g/mol. The molecule has 0 amide bonds. The summed E-state index contributed by atoms with van der Waals surface area (Å²) >= 11 is 1.67. The van der Waals surface area contributed by atoms with E-state index in [1.165, 1.54) is 0 Å². The average Bonchev–Trinajstić information content (AvgIpc) is 3.14. The SMILES string of the molecule is c1cc2c(cc1-n1nnnc1SCCCN1CCOCC1)OCCO2. The molecule has 1 saturated heterocycles. The monoisotopic (exact) mass is 363 g/mol. The summed E-state index contributed by atoms with van der Waals surface area (Å²) in [5.74, 6) is 2.48. The highest BCUT2D eigenvalue weighted by molar-refractivity contribution is 7.99. The Morgan fingerprint density at radius 1 is 1.04 bits per heavy atom. The minimum atomic E-state index is 0.565. The van der Waals surface area contributed by atoms with Crippen molar-refractivity contribution in [1.29, 1.82) is 0 Å². The normalized spacial score (nSPS) is 17.6. The van der Waals surface area contributed by atoms with E-state index in [2.05, 4.69) is 20.4 Å². The van der Waals surface area contributed by atoms with Gasteiger partial charge >= 0.3 is 0 Å². The van der Waals surface area contributed by atoms with Crippen LogP contribution in [0.4, 0.5) is 0 Å². The van der Waals surface area contributed by atoms with Crippen LogP contribution in [-0.2, 0) is 4.74 Å². The Balaban J connectivity index is 1.35. The van der Waals surface area contributed by atoms with Gasteiger partial charge < -0.3 is 14.2 Å². The number of hydrogen-bond acceptors (Lipinski definition) is 8. The molecule has 0 aliphatic carbocycles. The van der Waals surface area contributed by atoms with Crippen LogP contribution in [0, 0.1) is 0 Å². The maximum absolute atomic E-state index is 5.64. The van der Waals surface area contributed by atoms with Crippen LogP contribution in [0.2, 0.25) is 0 Å². The molecule has 134 valence electrons. The van der Waals surface area contributed by atoms with Crippen LogP contribution < -0.4 is 9.47 Å². The molecule has 0 N–H and O–H groups in total. The number of hydrogen-bond donors (Lipinski definition) is 0. The summed E-state index contributed by atoms with van der Waals surface area (Å²) in [5, 5.41) is 12.9. The molecule has 2 aliphatic rings. The Bertz CT molecular complexity index is 705. The Kier molecular flexibility index (Phi) is 5.34. The zero-order valence-electron chi connectivity index (χ0n) is 14.0. The molecule has 1 fully saturated rings. The Labute approximate surface area is 150 Å². The molecule has 0 unspecified atom stereocenters. The second-order valence-electron chi connectivity index (χ2n) is 5.86. The van der Waals surface area contributed by atoms with Crippen molar-refractivity contribution in [1.82, 2.24) is 25.1 Å². The van der Waals surface area contributed by atoms with Gasteiger partial charge in [0.15, 0.2) is 11.5 Å². The zero-order valence-corrected chi connectivity index (χ0v) is 14.8. The van der Waals surface area contributed by atoms with Crippen LogP contribution in [0.3, 0.4) is 0 Å². The first-order chi connectivity index (χ1) is 12.4. The summed E-state index contributed by atoms with van der Waals surface area (Å²) < 4.78 is 18.3.